The first-order chi connectivity index (χ1) is 23.2. The molecule has 0 fully saturated rings. The molecule has 0 amide bonds. The Hall–Kier alpha value is -5.61. The first-order valence-corrected chi connectivity index (χ1v) is 16.8. The van der Waals surface area contributed by atoms with Crippen LogP contribution >= 0.6 is 0 Å². The summed E-state index contributed by atoms with van der Waals surface area (Å²) in [5.41, 5.74) is 15.3. The van der Waals surface area contributed by atoms with Crippen LogP contribution < -0.4 is 4.90 Å². The number of hydrogen-bond donors (Lipinski definition) is 0. The van der Waals surface area contributed by atoms with Crippen molar-refractivity contribution < 1.29 is 4.42 Å². The molecule has 0 aliphatic heterocycles. The predicted octanol–water partition coefficient (Wildman–Crippen LogP) is 12.1. The third kappa shape index (κ3) is 3.58. The Morgan fingerprint density at radius 2 is 1.33 bits per heavy atom. The quantitative estimate of drug-likeness (QED) is 0.197. The highest BCUT2D eigenvalue weighted by Gasteiger charge is 2.36. The molecule has 0 N–H and O–H groups in total. The minimum absolute atomic E-state index is 0.0671. The molecule has 0 bridgehead atoms. The molecule has 232 valence electrons. The highest BCUT2D eigenvalue weighted by atomic mass is 16.3. The van der Waals surface area contributed by atoms with Gasteiger partial charge in [0.25, 0.3) is 0 Å². The fraction of sp³-hybridized carbons (Fsp3) is 0.159. The zero-order valence-corrected chi connectivity index (χ0v) is 27.8. The van der Waals surface area contributed by atoms with Crippen LogP contribution in [0.5, 0.6) is 0 Å². The molecular weight excluding hydrogens is 587 g/mol. The van der Waals surface area contributed by atoms with E-state index in [1.165, 1.54) is 49.6 Å². The number of benzene rings is 6. The second kappa shape index (κ2) is 9.26. The van der Waals surface area contributed by atoms with Gasteiger partial charge in [0.2, 0.25) is 0 Å². The maximum Gasteiger partial charge on any atom is 0.182 e. The molecule has 1 aliphatic carbocycles. The van der Waals surface area contributed by atoms with Crippen LogP contribution in [0, 0.1) is 0 Å². The van der Waals surface area contributed by atoms with Crippen molar-refractivity contribution in [3.8, 4) is 11.1 Å². The van der Waals surface area contributed by atoms with Crippen molar-refractivity contribution >= 4 is 66.3 Å². The monoisotopic (exact) mass is 621 g/mol. The Morgan fingerprint density at radius 1 is 0.646 bits per heavy atom. The van der Waals surface area contributed by atoms with Crippen molar-refractivity contribution in [2.45, 2.75) is 45.4 Å². The SMILES string of the molecule is CC(C)(C)c1ccc(N(c2ccc3c(c2)C(C)(C)c2ccccc2-3)c2ccc3c(c2)c2c4ocnc4cc4c5ccccc5n3c42)cc1. The lowest BCUT2D eigenvalue weighted by atomic mass is 9.82. The van der Waals surface area contributed by atoms with E-state index < -0.39 is 0 Å². The first-order valence-electron chi connectivity index (χ1n) is 16.8. The minimum atomic E-state index is -0.0975. The number of rotatable bonds is 3. The van der Waals surface area contributed by atoms with Gasteiger partial charge >= 0.3 is 0 Å². The van der Waals surface area contributed by atoms with Gasteiger partial charge in [-0.05, 0) is 87.8 Å². The zero-order chi connectivity index (χ0) is 32.5. The second-order valence-electron chi connectivity index (χ2n) is 14.9. The van der Waals surface area contributed by atoms with Gasteiger partial charge in [-0.25, -0.2) is 4.98 Å². The maximum atomic E-state index is 6.11. The van der Waals surface area contributed by atoms with E-state index in [1.54, 1.807) is 6.39 Å². The van der Waals surface area contributed by atoms with Crippen LogP contribution in [0.2, 0.25) is 0 Å². The molecule has 3 aromatic heterocycles. The summed E-state index contributed by atoms with van der Waals surface area (Å²) in [7, 11) is 0. The summed E-state index contributed by atoms with van der Waals surface area (Å²) < 4.78 is 8.52. The summed E-state index contributed by atoms with van der Waals surface area (Å²) in [5, 5.41) is 4.71. The predicted molar refractivity (Wildman–Crippen MR) is 200 cm³/mol. The highest BCUT2D eigenvalue weighted by Crippen LogP contribution is 2.51. The molecule has 6 aromatic carbocycles. The standard InChI is InChI=1S/C44H35N3O/c1-43(2,3)26-14-16-27(17-15-26)46(29-18-20-31-30-10-6-8-12-35(30)44(4,5)36(31)23-29)28-19-21-39-34(22-28)40-41-33(24-37-42(40)48-25-45-37)32-11-7-9-13-38(32)47(39)41/h6-25H,1-5H3. The molecular formula is C44H35N3O. The van der Waals surface area contributed by atoms with E-state index in [0.29, 0.717) is 0 Å². The van der Waals surface area contributed by atoms with E-state index in [-0.39, 0.29) is 10.8 Å². The number of aromatic nitrogens is 2. The van der Waals surface area contributed by atoms with E-state index in [1.807, 2.05) is 0 Å². The van der Waals surface area contributed by atoms with Crippen molar-refractivity contribution in [3.63, 3.8) is 0 Å². The highest BCUT2D eigenvalue weighted by molar-refractivity contribution is 6.30. The van der Waals surface area contributed by atoms with Crippen molar-refractivity contribution in [1.29, 1.82) is 0 Å². The van der Waals surface area contributed by atoms with E-state index in [4.69, 9.17) is 4.42 Å². The Labute approximate surface area is 279 Å². The van der Waals surface area contributed by atoms with Crippen LogP contribution in [0.1, 0.15) is 51.3 Å². The Balaban J connectivity index is 1.25. The lowest BCUT2D eigenvalue weighted by Gasteiger charge is -2.29. The van der Waals surface area contributed by atoms with Crippen LogP contribution in [0.15, 0.2) is 126 Å². The summed E-state index contributed by atoms with van der Waals surface area (Å²) in [4.78, 5) is 7.03. The van der Waals surface area contributed by atoms with E-state index >= 15 is 0 Å². The molecule has 0 atom stereocenters. The van der Waals surface area contributed by atoms with Crippen molar-refractivity contribution in [2.24, 2.45) is 0 Å². The molecule has 4 nitrogen and oxygen atoms in total. The normalized spacial score (nSPS) is 14.1. The lowest BCUT2D eigenvalue weighted by Crippen LogP contribution is -2.17. The maximum absolute atomic E-state index is 6.11. The van der Waals surface area contributed by atoms with Gasteiger partial charge in [-0.3, -0.25) is 0 Å². The van der Waals surface area contributed by atoms with Crippen molar-refractivity contribution in [2.75, 3.05) is 4.90 Å². The summed E-state index contributed by atoms with van der Waals surface area (Å²) in [6, 6.07) is 42.7. The molecule has 10 rings (SSSR count). The Kier molecular flexibility index (Phi) is 5.30. The van der Waals surface area contributed by atoms with E-state index in [9.17, 15) is 0 Å². The van der Waals surface area contributed by atoms with Gasteiger partial charge < -0.3 is 13.7 Å². The van der Waals surface area contributed by atoms with Crippen LogP contribution in [-0.4, -0.2) is 9.38 Å². The topological polar surface area (TPSA) is 33.7 Å². The van der Waals surface area contributed by atoms with Gasteiger partial charge in [0.1, 0.15) is 5.52 Å². The van der Waals surface area contributed by atoms with Gasteiger partial charge in [0.15, 0.2) is 12.0 Å². The van der Waals surface area contributed by atoms with Gasteiger partial charge in [0, 0.05) is 38.6 Å². The van der Waals surface area contributed by atoms with Crippen molar-refractivity contribution in [3.05, 3.63) is 138 Å². The van der Waals surface area contributed by atoms with Crippen LogP contribution in [0.3, 0.4) is 0 Å². The summed E-state index contributed by atoms with van der Waals surface area (Å²) in [5.74, 6) is 0. The molecule has 48 heavy (non-hydrogen) atoms. The van der Waals surface area contributed by atoms with E-state index in [0.717, 1.165) is 44.5 Å². The fourth-order valence-electron chi connectivity index (χ4n) is 8.39. The number of fused-ring (bicyclic) bond motifs is 11. The number of anilines is 3. The average Bonchev–Trinajstić information content (AvgIpc) is 3.83. The van der Waals surface area contributed by atoms with Gasteiger partial charge in [-0.15, -0.1) is 0 Å². The summed E-state index contributed by atoms with van der Waals surface area (Å²) in [6.45, 7) is 11.5. The van der Waals surface area contributed by atoms with Crippen LogP contribution in [0.25, 0.3) is 60.3 Å². The van der Waals surface area contributed by atoms with Crippen LogP contribution in [-0.2, 0) is 10.8 Å². The number of para-hydroxylation sites is 1. The Morgan fingerprint density at radius 3 is 2.17 bits per heavy atom. The molecule has 0 spiro atoms. The Bertz CT molecular complexity index is 2740. The molecule has 0 radical (unpaired) electrons. The number of nitrogens with zero attached hydrogens (tertiary/aromatic N) is 3. The lowest BCUT2D eigenvalue weighted by molar-refractivity contribution is 0.590. The largest absolute Gasteiger partial charge is 0.443 e. The molecule has 0 saturated carbocycles. The fourth-order valence-corrected chi connectivity index (χ4v) is 8.39. The van der Waals surface area contributed by atoms with Crippen molar-refractivity contribution in [1.82, 2.24) is 9.38 Å². The summed E-state index contributed by atoms with van der Waals surface area (Å²) in [6.07, 6.45) is 1.57. The molecule has 0 unspecified atom stereocenters. The number of oxazole rings is 1. The first kappa shape index (κ1) is 27.5. The summed E-state index contributed by atoms with van der Waals surface area (Å²) >= 11 is 0. The third-order valence-electron chi connectivity index (χ3n) is 10.8. The average molecular weight is 622 g/mol. The van der Waals surface area contributed by atoms with Gasteiger partial charge in [-0.2, -0.15) is 0 Å². The molecule has 1 aliphatic rings. The number of hydrogen-bond acceptors (Lipinski definition) is 3. The zero-order valence-electron chi connectivity index (χ0n) is 27.8. The molecule has 4 heteroatoms. The smallest absolute Gasteiger partial charge is 0.182 e. The third-order valence-corrected chi connectivity index (χ3v) is 10.8. The molecule has 3 heterocycles. The second-order valence-corrected chi connectivity index (χ2v) is 14.9. The molecule has 0 saturated heterocycles. The minimum Gasteiger partial charge on any atom is -0.443 e. The molecule has 9 aromatic rings. The van der Waals surface area contributed by atoms with Crippen LogP contribution in [0.4, 0.5) is 17.1 Å². The van der Waals surface area contributed by atoms with E-state index in [2.05, 4.69) is 164 Å². The van der Waals surface area contributed by atoms with Gasteiger partial charge in [-0.1, -0.05) is 95.3 Å². The van der Waals surface area contributed by atoms with Gasteiger partial charge in [0.05, 0.1) is 21.9 Å².